The van der Waals surface area contributed by atoms with Crippen LogP contribution in [0.1, 0.15) is 6.92 Å². The molecule has 5 nitrogen and oxygen atoms in total. The molecule has 68 valence electrons. The highest BCUT2D eigenvalue weighted by Crippen LogP contribution is 2.16. The molecule has 6 heteroatoms. The van der Waals surface area contributed by atoms with Crippen molar-refractivity contribution < 1.29 is 0 Å². The van der Waals surface area contributed by atoms with Gasteiger partial charge in [-0.2, -0.15) is 0 Å². The summed E-state index contributed by atoms with van der Waals surface area (Å²) in [5, 5.41) is 0. The summed E-state index contributed by atoms with van der Waals surface area (Å²) in [5.41, 5.74) is 7.18. The van der Waals surface area contributed by atoms with Crippen molar-refractivity contribution >= 4 is 39.6 Å². The number of anilines is 1. The van der Waals surface area contributed by atoms with Crippen molar-refractivity contribution in [1.82, 2.24) is 19.5 Å². The second kappa shape index (κ2) is 3.09. The summed E-state index contributed by atoms with van der Waals surface area (Å²) in [5.74, 6) is 0.446. The van der Waals surface area contributed by atoms with Gasteiger partial charge >= 0.3 is 0 Å². The van der Waals surface area contributed by atoms with Crippen LogP contribution in [0.25, 0.3) is 11.2 Å². The lowest BCUT2D eigenvalue weighted by Gasteiger charge is -1.98. The summed E-state index contributed by atoms with van der Waals surface area (Å²) in [7, 11) is 0. The van der Waals surface area contributed by atoms with Crippen LogP contribution < -0.4 is 5.73 Å². The minimum Gasteiger partial charge on any atom is -0.382 e. The Labute approximate surface area is 88.5 Å². The molecule has 0 bridgehead atoms. The van der Waals surface area contributed by atoms with Crippen LogP contribution in [0.5, 0.6) is 0 Å². The van der Waals surface area contributed by atoms with Crippen LogP contribution in [0, 0.1) is 3.83 Å². The lowest BCUT2D eigenvalue weighted by atomic mass is 10.5. The van der Waals surface area contributed by atoms with Crippen LogP contribution in [0.15, 0.2) is 6.33 Å². The van der Waals surface area contributed by atoms with E-state index >= 15 is 0 Å². The van der Waals surface area contributed by atoms with Gasteiger partial charge in [0, 0.05) is 29.1 Å². The first-order valence-corrected chi connectivity index (χ1v) is 4.94. The van der Waals surface area contributed by atoms with E-state index in [-0.39, 0.29) is 0 Å². The van der Waals surface area contributed by atoms with Gasteiger partial charge in [-0.3, -0.25) is 0 Å². The average Bonchev–Trinajstić information content (AvgIpc) is 2.47. The Morgan fingerprint density at radius 2 is 2.31 bits per heavy atom. The highest BCUT2D eigenvalue weighted by atomic mass is 127. The monoisotopic (exact) mass is 289 g/mol. The van der Waals surface area contributed by atoms with Crippen molar-refractivity contribution in [2.24, 2.45) is 0 Å². The van der Waals surface area contributed by atoms with Gasteiger partial charge in [0.25, 0.3) is 0 Å². The van der Waals surface area contributed by atoms with Crippen molar-refractivity contribution in [1.29, 1.82) is 0 Å². The molecule has 0 spiro atoms. The number of fused-ring (bicyclic) bond motifs is 1. The number of imidazole rings is 1. The molecule has 0 amide bonds. The predicted octanol–water partition coefficient (Wildman–Crippen LogP) is 1.03. The first kappa shape index (κ1) is 8.67. The van der Waals surface area contributed by atoms with Gasteiger partial charge in [0.05, 0.1) is 6.33 Å². The van der Waals surface area contributed by atoms with E-state index in [9.17, 15) is 0 Å². The molecule has 2 rings (SSSR count). The molecule has 0 unspecified atom stereocenters. The normalized spacial score (nSPS) is 10.9. The minimum absolute atomic E-state index is 0.446. The van der Waals surface area contributed by atoms with E-state index in [1.54, 1.807) is 6.33 Å². The van der Waals surface area contributed by atoms with E-state index in [0.29, 0.717) is 15.2 Å². The SMILES string of the molecule is CCn1cnc2c(N)nc(I)nc21. The number of nitrogens with zero attached hydrogens (tertiary/aromatic N) is 4. The summed E-state index contributed by atoms with van der Waals surface area (Å²) in [6, 6.07) is 0. The second-order valence-corrected chi connectivity index (χ2v) is 3.55. The number of nitrogens with two attached hydrogens (primary N) is 1. The first-order valence-electron chi connectivity index (χ1n) is 3.86. The zero-order chi connectivity index (χ0) is 9.42. The van der Waals surface area contributed by atoms with Gasteiger partial charge in [-0.05, 0) is 6.92 Å². The highest BCUT2D eigenvalue weighted by molar-refractivity contribution is 14.1. The van der Waals surface area contributed by atoms with E-state index in [1.165, 1.54) is 0 Å². The third-order valence-electron chi connectivity index (χ3n) is 1.80. The van der Waals surface area contributed by atoms with E-state index in [4.69, 9.17) is 5.73 Å². The lowest BCUT2D eigenvalue weighted by Crippen LogP contribution is -2.00. The Bertz CT molecular complexity index is 449. The fraction of sp³-hybridized carbons (Fsp3) is 0.286. The molecule has 13 heavy (non-hydrogen) atoms. The Morgan fingerprint density at radius 3 is 3.00 bits per heavy atom. The Balaban J connectivity index is 2.82. The maximum atomic E-state index is 5.69. The van der Waals surface area contributed by atoms with Crippen molar-refractivity contribution in [2.75, 3.05) is 5.73 Å². The number of hydrogen-bond acceptors (Lipinski definition) is 4. The molecule has 0 saturated carbocycles. The first-order chi connectivity index (χ1) is 6.22. The largest absolute Gasteiger partial charge is 0.382 e. The molecule has 2 aromatic heterocycles. The van der Waals surface area contributed by atoms with Gasteiger partial charge in [-0.15, -0.1) is 0 Å². The molecule has 2 aromatic rings. The topological polar surface area (TPSA) is 69.6 Å². The van der Waals surface area contributed by atoms with Crippen LogP contribution in [0.4, 0.5) is 5.82 Å². The zero-order valence-corrected chi connectivity index (χ0v) is 9.19. The average molecular weight is 289 g/mol. The number of rotatable bonds is 1. The Kier molecular flexibility index (Phi) is 2.06. The standard InChI is InChI=1S/C7H8IN5/c1-2-13-3-10-4-5(9)11-7(8)12-6(4)13/h3H,2H2,1H3,(H2,9,11,12). The van der Waals surface area contributed by atoms with E-state index in [2.05, 4.69) is 15.0 Å². The van der Waals surface area contributed by atoms with Crippen molar-refractivity contribution in [3.05, 3.63) is 10.2 Å². The third-order valence-corrected chi connectivity index (χ3v) is 2.29. The molecule has 0 radical (unpaired) electrons. The molecule has 0 atom stereocenters. The maximum absolute atomic E-state index is 5.69. The molecular formula is C7H8IN5. The zero-order valence-electron chi connectivity index (χ0n) is 7.03. The number of halogens is 1. The van der Waals surface area contributed by atoms with Gasteiger partial charge in [0.2, 0.25) is 0 Å². The summed E-state index contributed by atoms with van der Waals surface area (Å²) in [6.45, 7) is 2.87. The fourth-order valence-corrected chi connectivity index (χ4v) is 1.66. The van der Waals surface area contributed by atoms with Gasteiger partial charge < -0.3 is 10.3 Å². The van der Waals surface area contributed by atoms with Crippen molar-refractivity contribution in [2.45, 2.75) is 13.5 Å². The van der Waals surface area contributed by atoms with Crippen molar-refractivity contribution in [3.8, 4) is 0 Å². The number of aromatic nitrogens is 4. The molecule has 2 heterocycles. The number of nitrogen functional groups attached to an aromatic ring is 1. The summed E-state index contributed by atoms with van der Waals surface area (Å²) < 4.78 is 2.59. The van der Waals surface area contributed by atoms with E-state index in [1.807, 2.05) is 34.1 Å². The lowest BCUT2D eigenvalue weighted by molar-refractivity contribution is 0.776. The second-order valence-electron chi connectivity index (χ2n) is 2.58. The van der Waals surface area contributed by atoms with E-state index in [0.717, 1.165) is 12.2 Å². The number of aryl methyl sites for hydroxylation is 1. The molecular weight excluding hydrogens is 281 g/mol. The molecule has 0 saturated heterocycles. The Hall–Kier alpha value is -0.920. The fourth-order valence-electron chi connectivity index (χ4n) is 1.17. The van der Waals surface area contributed by atoms with Crippen LogP contribution in [-0.4, -0.2) is 19.5 Å². The quantitative estimate of drug-likeness (QED) is 0.629. The third kappa shape index (κ3) is 1.34. The highest BCUT2D eigenvalue weighted by Gasteiger charge is 2.08. The smallest absolute Gasteiger partial charge is 0.194 e. The predicted molar refractivity (Wildman–Crippen MR) is 58.1 cm³/mol. The maximum Gasteiger partial charge on any atom is 0.194 e. The van der Waals surface area contributed by atoms with E-state index < -0.39 is 0 Å². The molecule has 0 aliphatic carbocycles. The summed E-state index contributed by atoms with van der Waals surface area (Å²) in [6.07, 6.45) is 1.73. The van der Waals surface area contributed by atoms with Crippen molar-refractivity contribution in [3.63, 3.8) is 0 Å². The van der Waals surface area contributed by atoms with Crippen LogP contribution in [-0.2, 0) is 6.54 Å². The Morgan fingerprint density at radius 1 is 1.54 bits per heavy atom. The molecule has 2 N–H and O–H groups in total. The van der Waals surface area contributed by atoms with Crippen LogP contribution >= 0.6 is 22.6 Å². The summed E-state index contributed by atoms with van der Waals surface area (Å²) >= 11 is 2.04. The summed E-state index contributed by atoms with van der Waals surface area (Å²) in [4.78, 5) is 12.4. The van der Waals surface area contributed by atoms with Crippen LogP contribution in [0.2, 0.25) is 0 Å². The molecule has 0 aliphatic heterocycles. The molecule has 0 fully saturated rings. The minimum atomic E-state index is 0.446. The van der Waals surface area contributed by atoms with Gasteiger partial charge in [0.15, 0.2) is 15.3 Å². The molecule has 0 aliphatic rings. The van der Waals surface area contributed by atoms with Gasteiger partial charge in [0.1, 0.15) is 5.52 Å². The van der Waals surface area contributed by atoms with Gasteiger partial charge in [-0.25, -0.2) is 15.0 Å². The number of hydrogen-bond donors (Lipinski definition) is 1. The van der Waals surface area contributed by atoms with Gasteiger partial charge in [-0.1, -0.05) is 0 Å². The van der Waals surface area contributed by atoms with Crippen LogP contribution in [0.3, 0.4) is 0 Å². The molecule has 0 aromatic carbocycles.